The topological polar surface area (TPSA) is 81.9 Å². The number of carbonyl (C=O) groups excluding carboxylic acids is 2. The molecule has 0 aliphatic rings. The van der Waals surface area contributed by atoms with Crippen LogP contribution < -0.4 is 5.73 Å². The minimum atomic E-state index is -0.825. The Morgan fingerprint density at radius 2 is 1.69 bits per heavy atom. The van der Waals surface area contributed by atoms with E-state index in [1.807, 2.05) is 42.5 Å². The maximum absolute atomic E-state index is 13.1. The number of hydrogen-bond donors (Lipinski definition) is 1. The molecule has 0 bridgehead atoms. The van der Waals surface area contributed by atoms with Crippen LogP contribution in [0.2, 0.25) is 0 Å². The predicted molar refractivity (Wildman–Crippen MR) is 113 cm³/mol. The number of nitrogen functional groups attached to an aromatic ring is 1. The van der Waals surface area contributed by atoms with Crippen LogP contribution in [0.4, 0.5) is 10.5 Å². The van der Waals surface area contributed by atoms with Gasteiger partial charge in [0.15, 0.2) is 0 Å². The number of nitrogens with zero attached hydrogens (tertiary/aromatic N) is 1. The van der Waals surface area contributed by atoms with Crippen LogP contribution in [0.5, 0.6) is 0 Å². The molecule has 0 spiro atoms. The second kappa shape index (κ2) is 9.96. The van der Waals surface area contributed by atoms with E-state index in [4.69, 9.17) is 15.2 Å². The number of hydrogen-bond acceptors (Lipinski definition) is 5. The number of carbonyl (C=O) groups is 2. The normalized spacial score (nSPS) is 12.1. The van der Waals surface area contributed by atoms with Crippen LogP contribution in [-0.2, 0) is 27.2 Å². The summed E-state index contributed by atoms with van der Waals surface area (Å²) in [5.41, 5.74) is 7.51. The molecular weight excluding hydrogens is 368 g/mol. The molecule has 156 valence electrons. The summed E-state index contributed by atoms with van der Waals surface area (Å²) in [5.74, 6) is -0.467. The van der Waals surface area contributed by atoms with Gasteiger partial charge in [0.25, 0.3) is 0 Å². The van der Waals surface area contributed by atoms with E-state index in [1.54, 1.807) is 39.8 Å². The first kappa shape index (κ1) is 22.3. The van der Waals surface area contributed by atoms with E-state index in [2.05, 4.69) is 0 Å². The van der Waals surface area contributed by atoms with E-state index in [-0.39, 0.29) is 13.2 Å². The monoisotopic (exact) mass is 398 g/mol. The molecule has 2 N–H and O–H groups in total. The van der Waals surface area contributed by atoms with Gasteiger partial charge < -0.3 is 15.2 Å². The third-order valence-electron chi connectivity index (χ3n) is 4.14. The van der Waals surface area contributed by atoms with Crippen molar-refractivity contribution in [3.05, 3.63) is 65.7 Å². The summed E-state index contributed by atoms with van der Waals surface area (Å²) < 4.78 is 10.9. The molecule has 0 saturated carbocycles. The van der Waals surface area contributed by atoms with Gasteiger partial charge in [-0.3, -0.25) is 4.90 Å². The molecule has 2 aromatic carbocycles. The van der Waals surface area contributed by atoms with Crippen LogP contribution >= 0.6 is 0 Å². The largest absolute Gasteiger partial charge is 0.464 e. The Kier molecular flexibility index (Phi) is 7.65. The van der Waals surface area contributed by atoms with Crippen molar-refractivity contribution >= 4 is 17.7 Å². The van der Waals surface area contributed by atoms with Crippen molar-refractivity contribution in [2.75, 3.05) is 12.3 Å². The van der Waals surface area contributed by atoms with Crippen molar-refractivity contribution in [1.29, 1.82) is 0 Å². The lowest BCUT2D eigenvalue weighted by atomic mass is 10.0. The summed E-state index contributed by atoms with van der Waals surface area (Å²) in [5, 5.41) is 0. The Morgan fingerprint density at radius 3 is 2.28 bits per heavy atom. The third-order valence-corrected chi connectivity index (χ3v) is 4.14. The molecule has 0 saturated heterocycles. The van der Waals surface area contributed by atoms with Gasteiger partial charge in [-0.25, -0.2) is 9.59 Å². The summed E-state index contributed by atoms with van der Waals surface area (Å²) in [6.45, 7) is 7.52. The van der Waals surface area contributed by atoms with Crippen LogP contribution in [0.3, 0.4) is 0 Å². The fourth-order valence-corrected chi connectivity index (χ4v) is 2.91. The maximum Gasteiger partial charge on any atom is 0.411 e. The minimum absolute atomic E-state index is 0.177. The highest BCUT2D eigenvalue weighted by atomic mass is 16.6. The summed E-state index contributed by atoms with van der Waals surface area (Å²) in [4.78, 5) is 27.3. The smallest absolute Gasteiger partial charge is 0.411 e. The number of esters is 1. The molecule has 0 radical (unpaired) electrons. The third kappa shape index (κ3) is 7.14. The first-order valence-corrected chi connectivity index (χ1v) is 9.74. The highest BCUT2D eigenvalue weighted by Crippen LogP contribution is 2.20. The Balaban J connectivity index is 2.40. The number of ether oxygens (including phenoxy) is 2. The molecule has 1 amide bonds. The lowest BCUT2D eigenvalue weighted by molar-refractivity contribution is -0.149. The highest BCUT2D eigenvalue weighted by Gasteiger charge is 2.34. The fourth-order valence-electron chi connectivity index (χ4n) is 2.91. The van der Waals surface area contributed by atoms with Gasteiger partial charge in [-0.15, -0.1) is 0 Å². The number of anilines is 1. The van der Waals surface area contributed by atoms with E-state index in [0.717, 1.165) is 11.1 Å². The van der Waals surface area contributed by atoms with Crippen molar-refractivity contribution < 1.29 is 19.1 Å². The number of benzene rings is 2. The first-order chi connectivity index (χ1) is 13.7. The molecule has 2 rings (SSSR count). The second-order valence-electron chi connectivity index (χ2n) is 7.81. The molecule has 6 nitrogen and oxygen atoms in total. The standard InChI is InChI=1S/C23H30N2O4/c1-5-28-21(26)20(15-17-10-7-6-8-11-17)25(22(27)29-23(2,3)4)16-18-12-9-13-19(24)14-18/h6-14,20H,5,15-16,24H2,1-4H3/t20-/m0/s1. The zero-order valence-corrected chi connectivity index (χ0v) is 17.6. The molecule has 0 aliphatic heterocycles. The quantitative estimate of drug-likeness (QED) is 0.559. The van der Waals surface area contributed by atoms with Crippen LogP contribution in [0.1, 0.15) is 38.8 Å². The molecular formula is C23H30N2O4. The van der Waals surface area contributed by atoms with Gasteiger partial charge in [-0.2, -0.15) is 0 Å². The van der Waals surface area contributed by atoms with E-state index in [0.29, 0.717) is 12.1 Å². The summed E-state index contributed by atoms with van der Waals surface area (Å²) >= 11 is 0. The van der Waals surface area contributed by atoms with Crippen molar-refractivity contribution in [1.82, 2.24) is 4.90 Å². The van der Waals surface area contributed by atoms with E-state index in [9.17, 15) is 9.59 Å². The first-order valence-electron chi connectivity index (χ1n) is 9.74. The van der Waals surface area contributed by atoms with Crippen LogP contribution in [0.25, 0.3) is 0 Å². The van der Waals surface area contributed by atoms with Gasteiger partial charge in [0, 0.05) is 12.1 Å². The Labute approximate surface area is 172 Å². The van der Waals surface area contributed by atoms with E-state index >= 15 is 0 Å². The van der Waals surface area contributed by atoms with Gasteiger partial charge in [-0.1, -0.05) is 42.5 Å². The van der Waals surface area contributed by atoms with Crippen LogP contribution in [0.15, 0.2) is 54.6 Å². The van der Waals surface area contributed by atoms with Crippen LogP contribution in [0, 0.1) is 0 Å². The molecule has 0 fully saturated rings. The van der Waals surface area contributed by atoms with Gasteiger partial charge >= 0.3 is 12.1 Å². The van der Waals surface area contributed by atoms with Gasteiger partial charge in [0.05, 0.1) is 13.2 Å². The summed E-state index contributed by atoms with van der Waals surface area (Å²) in [7, 11) is 0. The molecule has 1 atom stereocenters. The summed E-state index contributed by atoms with van der Waals surface area (Å²) in [6.07, 6.45) is -0.254. The lowest BCUT2D eigenvalue weighted by Gasteiger charge is -2.32. The Bertz CT molecular complexity index is 815. The highest BCUT2D eigenvalue weighted by molar-refractivity contribution is 5.82. The van der Waals surface area contributed by atoms with Crippen molar-refractivity contribution in [3.8, 4) is 0 Å². The van der Waals surface area contributed by atoms with Gasteiger partial charge in [0.1, 0.15) is 11.6 Å². The molecule has 2 aromatic rings. The Morgan fingerprint density at radius 1 is 1.03 bits per heavy atom. The lowest BCUT2D eigenvalue weighted by Crippen LogP contribution is -2.48. The van der Waals surface area contributed by atoms with Gasteiger partial charge in [0.2, 0.25) is 0 Å². The number of nitrogens with two attached hydrogens (primary N) is 1. The maximum atomic E-state index is 13.1. The van der Waals surface area contributed by atoms with E-state index < -0.39 is 23.7 Å². The summed E-state index contributed by atoms with van der Waals surface area (Å²) in [6, 6.07) is 15.9. The molecule has 6 heteroatoms. The molecule has 0 heterocycles. The molecule has 29 heavy (non-hydrogen) atoms. The predicted octanol–water partition coefficient (Wildman–Crippen LogP) is 4.18. The molecule has 0 unspecified atom stereocenters. The zero-order chi connectivity index (χ0) is 21.4. The second-order valence-corrected chi connectivity index (χ2v) is 7.81. The van der Waals surface area contributed by atoms with E-state index in [1.165, 1.54) is 4.90 Å². The fraction of sp³-hybridized carbons (Fsp3) is 0.391. The van der Waals surface area contributed by atoms with Crippen molar-refractivity contribution in [3.63, 3.8) is 0 Å². The minimum Gasteiger partial charge on any atom is -0.464 e. The van der Waals surface area contributed by atoms with Gasteiger partial charge in [-0.05, 0) is 51.0 Å². The van der Waals surface area contributed by atoms with Crippen LogP contribution in [-0.4, -0.2) is 35.2 Å². The number of rotatable bonds is 7. The molecule has 0 aromatic heterocycles. The zero-order valence-electron chi connectivity index (χ0n) is 17.6. The Hall–Kier alpha value is -3.02. The average Bonchev–Trinajstić information content (AvgIpc) is 2.64. The SMILES string of the molecule is CCOC(=O)[C@H](Cc1ccccc1)N(Cc1cccc(N)c1)C(=O)OC(C)(C)C. The molecule has 0 aliphatic carbocycles. The average molecular weight is 399 g/mol. The number of amides is 1. The van der Waals surface area contributed by atoms with Crippen molar-refractivity contribution in [2.45, 2.75) is 52.3 Å². The van der Waals surface area contributed by atoms with Crippen molar-refractivity contribution in [2.24, 2.45) is 0 Å².